The molecule has 0 atom stereocenters. The Labute approximate surface area is 115 Å². The van der Waals surface area contributed by atoms with E-state index in [0.717, 1.165) is 4.47 Å². The van der Waals surface area contributed by atoms with E-state index < -0.39 is 10.0 Å². The van der Waals surface area contributed by atoms with Crippen molar-refractivity contribution in [2.45, 2.75) is 18.2 Å². The number of carbonyl (C=O) groups is 1. The highest BCUT2D eigenvalue weighted by Crippen LogP contribution is 2.19. The summed E-state index contributed by atoms with van der Waals surface area (Å²) in [6.07, 6.45) is 0.116. The minimum absolute atomic E-state index is 0.0809. The molecule has 0 spiro atoms. The number of carbonyl (C=O) groups excluding carboxylic acids is 1. The van der Waals surface area contributed by atoms with Crippen LogP contribution < -0.4 is 10.0 Å². The summed E-state index contributed by atoms with van der Waals surface area (Å²) in [6, 6.07) is 4.93. The van der Waals surface area contributed by atoms with Gasteiger partial charge in [-0.1, -0.05) is 15.9 Å². The van der Waals surface area contributed by atoms with Gasteiger partial charge < -0.3 is 5.32 Å². The molecule has 1 rings (SSSR count). The predicted molar refractivity (Wildman–Crippen MR) is 72.8 cm³/mol. The maximum Gasteiger partial charge on any atom is 0.240 e. The van der Waals surface area contributed by atoms with E-state index in [4.69, 9.17) is 0 Å². The molecule has 7 heteroatoms. The quantitative estimate of drug-likeness (QED) is 0.848. The van der Waals surface area contributed by atoms with Crippen LogP contribution in [0.1, 0.15) is 12.0 Å². The first-order valence-electron chi connectivity index (χ1n) is 5.33. The largest absolute Gasteiger partial charge is 0.359 e. The van der Waals surface area contributed by atoms with Crippen molar-refractivity contribution in [2.75, 3.05) is 13.6 Å². The summed E-state index contributed by atoms with van der Waals surface area (Å²) in [5.74, 6) is -0.203. The summed E-state index contributed by atoms with van der Waals surface area (Å²) >= 11 is 3.28. The number of aryl methyl sites for hydroxylation is 1. The Morgan fingerprint density at radius 3 is 2.61 bits per heavy atom. The Balaban J connectivity index is 2.77. The Hall–Kier alpha value is -0.920. The standard InChI is InChI=1S/C11H15BrN2O3S/c1-8-7-9(12)3-4-10(8)18(16,17)14-6-5-11(15)13-2/h3-4,7,14H,5-6H2,1-2H3,(H,13,15). The van der Waals surface area contributed by atoms with Crippen molar-refractivity contribution in [2.24, 2.45) is 0 Å². The van der Waals surface area contributed by atoms with Gasteiger partial charge in [0.1, 0.15) is 0 Å². The van der Waals surface area contributed by atoms with Gasteiger partial charge in [0.15, 0.2) is 0 Å². The van der Waals surface area contributed by atoms with Crippen LogP contribution in [0.2, 0.25) is 0 Å². The fraction of sp³-hybridized carbons (Fsp3) is 0.364. The fourth-order valence-electron chi connectivity index (χ4n) is 1.42. The van der Waals surface area contributed by atoms with E-state index in [1.165, 1.54) is 13.1 Å². The van der Waals surface area contributed by atoms with Crippen LogP contribution in [0, 0.1) is 6.92 Å². The molecule has 1 aromatic rings. The third-order valence-electron chi connectivity index (χ3n) is 2.35. The molecule has 0 saturated heterocycles. The molecule has 18 heavy (non-hydrogen) atoms. The van der Waals surface area contributed by atoms with E-state index in [1.807, 2.05) is 0 Å². The van der Waals surface area contributed by atoms with E-state index >= 15 is 0 Å². The van der Waals surface area contributed by atoms with Gasteiger partial charge in [-0.3, -0.25) is 4.79 Å². The Morgan fingerprint density at radius 2 is 2.06 bits per heavy atom. The maximum atomic E-state index is 12.0. The van der Waals surface area contributed by atoms with Crippen LogP contribution in [0.3, 0.4) is 0 Å². The van der Waals surface area contributed by atoms with Gasteiger partial charge in [-0.05, 0) is 30.7 Å². The highest BCUT2D eigenvalue weighted by Gasteiger charge is 2.16. The molecule has 2 N–H and O–H groups in total. The first-order valence-corrected chi connectivity index (χ1v) is 7.61. The Bertz CT molecular complexity index is 543. The zero-order chi connectivity index (χ0) is 13.8. The molecule has 0 aliphatic carbocycles. The Kier molecular flexibility index (Phi) is 5.30. The predicted octanol–water partition coefficient (Wildman–Crippen LogP) is 1.17. The van der Waals surface area contributed by atoms with Crippen LogP contribution in [0.15, 0.2) is 27.6 Å². The lowest BCUT2D eigenvalue weighted by molar-refractivity contribution is -0.120. The maximum absolute atomic E-state index is 12.0. The highest BCUT2D eigenvalue weighted by molar-refractivity contribution is 9.10. The SMILES string of the molecule is CNC(=O)CCNS(=O)(=O)c1ccc(Br)cc1C. The number of hydrogen-bond donors (Lipinski definition) is 2. The number of benzene rings is 1. The fourth-order valence-corrected chi connectivity index (χ4v) is 3.15. The summed E-state index contributed by atoms with van der Waals surface area (Å²) in [7, 11) is -2.05. The van der Waals surface area contributed by atoms with Gasteiger partial charge in [0, 0.05) is 24.5 Å². The van der Waals surface area contributed by atoms with Crippen LogP contribution >= 0.6 is 15.9 Å². The zero-order valence-electron chi connectivity index (χ0n) is 10.2. The van der Waals surface area contributed by atoms with Crippen molar-refractivity contribution in [3.63, 3.8) is 0 Å². The highest BCUT2D eigenvalue weighted by atomic mass is 79.9. The van der Waals surface area contributed by atoms with Gasteiger partial charge in [-0.25, -0.2) is 13.1 Å². The number of amides is 1. The van der Waals surface area contributed by atoms with E-state index in [0.29, 0.717) is 5.56 Å². The molecule has 0 heterocycles. The molecule has 0 aromatic heterocycles. The minimum atomic E-state index is -3.56. The van der Waals surface area contributed by atoms with Crippen molar-refractivity contribution in [3.8, 4) is 0 Å². The molecular formula is C11H15BrN2O3S. The van der Waals surface area contributed by atoms with Crippen molar-refractivity contribution in [1.29, 1.82) is 0 Å². The molecule has 0 fully saturated rings. The first kappa shape index (κ1) is 15.1. The lowest BCUT2D eigenvalue weighted by Crippen LogP contribution is -2.29. The van der Waals surface area contributed by atoms with Crippen molar-refractivity contribution >= 4 is 31.9 Å². The normalized spacial score (nSPS) is 11.3. The van der Waals surface area contributed by atoms with E-state index in [9.17, 15) is 13.2 Å². The summed E-state index contributed by atoms with van der Waals surface area (Å²) in [4.78, 5) is 11.2. The summed E-state index contributed by atoms with van der Waals surface area (Å²) in [5.41, 5.74) is 0.650. The Morgan fingerprint density at radius 1 is 1.39 bits per heavy atom. The molecule has 0 aliphatic heterocycles. The second kappa shape index (κ2) is 6.31. The van der Waals surface area contributed by atoms with Gasteiger partial charge in [0.25, 0.3) is 0 Å². The van der Waals surface area contributed by atoms with E-state index in [1.54, 1.807) is 19.1 Å². The van der Waals surface area contributed by atoms with Gasteiger partial charge >= 0.3 is 0 Å². The average Bonchev–Trinajstić information content (AvgIpc) is 2.27. The number of sulfonamides is 1. The number of nitrogens with one attached hydrogen (secondary N) is 2. The zero-order valence-corrected chi connectivity index (χ0v) is 12.6. The van der Waals surface area contributed by atoms with Crippen molar-refractivity contribution in [1.82, 2.24) is 10.0 Å². The number of hydrogen-bond acceptors (Lipinski definition) is 3. The molecular weight excluding hydrogens is 320 g/mol. The number of halogens is 1. The minimum Gasteiger partial charge on any atom is -0.359 e. The molecule has 0 saturated carbocycles. The van der Waals surface area contributed by atoms with Crippen LogP contribution in [0.5, 0.6) is 0 Å². The van der Waals surface area contributed by atoms with Gasteiger partial charge in [0.2, 0.25) is 15.9 Å². The van der Waals surface area contributed by atoms with Crippen LogP contribution in [0.25, 0.3) is 0 Å². The molecule has 0 bridgehead atoms. The summed E-state index contributed by atoms with van der Waals surface area (Å²) in [5, 5.41) is 2.43. The first-order chi connectivity index (χ1) is 8.36. The summed E-state index contributed by atoms with van der Waals surface area (Å²) < 4.78 is 27.2. The lowest BCUT2D eigenvalue weighted by atomic mass is 10.2. The average molecular weight is 335 g/mol. The monoisotopic (exact) mass is 334 g/mol. The molecule has 5 nitrogen and oxygen atoms in total. The van der Waals surface area contributed by atoms with Crippen LogP contribution in [-0.4, -0.2) is 27.9 Å². The molecule has 1 amide bonds. The van der Waals surface area contributed by atoms with Crippen molar-refractivity contribution in [3.05, 3.63) is 28.2 Å². The van der Waals surface area contributed by atoms with E-state index in [-0.39, 0.29) is 23.8 Å². The van der Waals surface area contributed by atoms with E-state index in [2.05, 4.69) is 26.0 Å². The topological polar surface area (TPSA) is 75.3 Å². The third-order valence-corrected chi connectivity index (χ3v) is 4.46. The molecule has 0 aliphatic rings. The van der Waals surface area contributed by atoms with Gasteiger partial charge in [-0.2, -0.15) is 0 Å². The molecule has 0 unspecified atom stereocenters. The number of rotatable bonds is 5. The molecule has 1 aromatic carbocycles. The lowest BCUT2D eigenvalue weighted by Gasteiger charge is -2.09. The molecule has 0 radical (unpaired) electrons. The third kappa shape index (κ3) is 4.08. The van der Waals surface area contributed by atoms with Crippen LogP contribution in [-0.2, 0) is 14.8 Å². The summed E-state index contributed by atoms with van der Waals surface area (Å²) in [6.45, 7) is 1.80. The van der Waals surface area contributed by atoms with Crippen molar-refractivity contribution < 1.29 is 13.2 Å². The van der Waals surface area contributed by atoms with Crippen LogP contribution in [0.4, 0.5) is 0 Å². The second-order valence-corrected chi connectivity index (χ2v) is 6.38. The smallest absolute Gasteiger partial charge is 0.240 e. The van der Waals surface area contributed by atoms with Gasteiger partial charge in [0.05, 0.1) is 4.90 Å². The second-order valence-electron chi connectivity index (χ2n) is 3.73. The van der Waals surface area contributed by atoms with Gasteiger partial charge in [-0.15, -0.1) is 0 Å². The molecule has 100 valence electrons.